The number of nitriles is 1. The lowest BCUT2D eigenvalue weighted by molar-refractivity contribution is 0.0977. The summed E-state index contributed by atoms with van der Waals surface area (Å²) >= 11 is 0. The maximum absolute atomic E-state index is 13.7. The first-order valence-corrected chi connectivity index (χ1v) is 9.83. The van der Waals surface area contributed by atoms with Gasteiger partial charge in [0.2, 0.25) is 0 Å². The summed E-state index contributed by atoms with van der Waals surface area (Å²) in [6.45, 7) is 0. The Hall–Kier alpha value is -4.37. The van der Waals surface area contributed by atoms with Gasteiger partial charge in [0.05, 0.1) is 28.3 Å². The molecule has 31 heavy (non-hydrogen) atoms. The van der Waals surface area contributed by atoms with Gasteiger partial charge in [-0.3, -0.25) is 9.78 Å². The highest BCUT2D eigenvalue weighted by molar-refractivity contribution is 6.12. The molecule has 1 atom stereocenters. The van der Waals surface area contributed by atoms with Crippen LogP contribution in [0, 0.1) is 11.3 Å². The third-order valence-electron chi connectivity index (χ3n) is 5.41. The van der Waals surface area contributed by atoms with Crippen molar-refractivity contribution in [3.63, 3.8) is 0 Å². The summed E-state index contributed by atoms with van der Waals surface area (Å²) in [7, 11) is 1.83. The number of para-hydroxylation sites is 3. The smallest absolute Gasteiger partial charge is 0.188 e. The molecule has 6 nitrogen and oxygen atoms in total. The number of rotatable bonds is 4. The largest absolute Gasteiger partial charge is 0.330 e. The van der Waals surface area contributed by atoms with Crippen LogP contribution in [0.2, 0.25) is 0 Å². The molecule has 1 unspecified atom stereocenters. The Bertz CT molecular complexity index is 1480. The molecule has 0 fully saturated rings. The van der Waals surface area contributed by atoms with Gasteiger partial charge in [-0.2, -0.15) is 5.26 Å². The third-order valence-corrected chi connectivity index (χ3v) is 5.41. The third kappa shape index (κ3) is 3.13. The average molecular weight is 403 g/mol. The summed E-state index contributed by atoms with van der Waals surface area (Å²) in [6, 6.07) is 22.7. The highest BCUT2D eigenvalue weighted by Crippen LogP contribution is 2.30. The molecular weight excluding hydrogens is 386 g/mol. The van der Waals surface area contributed by atoms with E-state index in [1.807, 2.05) is 72.3 Å². The van der Waals surface area contributed by atoms with Gasteiger partial charge in [0.25, 0.3) is 0 Å². The Labute approximate surface area is 178 Å². The molecule has 3 heterocycles. The maximum atomic E-state index is 13.7. The van der Waals surface area contributed by atoms with E-state index in [0.717, 1.165) is 16.6 Å². The fourth-order valence-corrected chi connectivity index (χ4v) is 3.85. The van der Waals surface area contributed by atoms with Crippen molar-refractivity contribution in [2.45, 2.75) is 5.92 Å². The number of benzene rings is 2. The molecular formula is C25H17N5O. The number of imidazole rings is 1. The first-order chi connectivity index (χ1) is 15.2. The van der Waals surface area contributed by atoms with Crippen molar-refractivity contribution < 1.29 is 4.79 Å². The lowest BCUT2D eigenvalue weighted by Crippen LogP contribution is -2.16. The molecule has 0 aliphatic carbocycles. The fourth-order valence-electron chi connectivity index (χ4n) is 3.85. The van der Waals surface area contributed by atoms with Crippen LogP contribution in [0.3, 0.4) is 0 Å². The standard InChI is InChI=1S/C25H17N5O/c1-30-23-11-5-4-10-21(23)29-25(30)19(14-26)24(31)18-13-22(16-7-6-12-27-15-16)28-20-9-3-2-8-17(18)20/h2-13,15,19H,1H3. The molecule has 6 heteroatoms. The van der Waals surface area contributed by atoms with Crippen molar-refractivity contribution >= 4 is 27.7 Å². The van der Waals surface area contributed by atoms with Crippen LogP contribution >= 0.6 is 0 Å². The SMILES string of the molecule is Cn1c(C(C#N)C(=O)c2cc(-c3cccnc3)nc3ccccc23)nc2ccccc21. The number of nitrogens with zero attached hydrogens (tertiary/aromatic N) is 5. The van der Waals surface area contributed by atoms with Crippen LogP contribution in [0.1, 0.15) is 22.1 Å². The molecule has 0 aliphatic heterocycles. The first-order valence-electron chi connectivity index (χ1n) is 9.83. The summed E-state index contributed by atoms with van der Waals surface area (Å²) in [5.74, 6) is -0.910. The second-order valence-electron chi connectivity index (χ2n) is 7.26. The molecule has 0 saturated carbocycles. The molecule has 0 bridgehead atoms. The van der Waals surface area contributed by atoms with E-state index in [9.17, 15) is 10.1 Å². The first kappa shape index (κ1) is 18.6. The van der Waals surface area contributed by atoms with Crippen molar-refractivity contribution in [1.29, 1.82) is 5.26 Å². The van der Waals surface area contributed by atoms with Crippen molar-refractivity contribution in [1.82, 2.24) is 19.5 Å². The van der Waals surface area contributed by atoms with E-state index < -0.39 is 5.92 Å². The van der Waals surface area contributed by atoms with E-state index in [2.05, 4.69) is 16.0 Å². The molecule has 0 spiro atoms. The quantitative estimate of drug-likeness (QED) is 0.407. The highest BCUT2D eigenvalue weighted by Gasteiger charge is 2.28. The maximum Gasteiger partial charge on any atom is 0.188 e. The van der Waals surface area contributed by atoms with Crippen molar-refractivity contribution in [2.75, 3.05) is 0 Å². The van der Waals surface area contributed by atoms with Crippen LogP contribution in [0.4, 0.5) is 0 Å². The number of pyridine rings is 2. The van der Waals surface area contributed by atoms with Crippen molar-refractivity contribution in [3.05, 3.63) is 90.5 Å². The summed E-state index contributed by atoms with van der Waals surface area (Å²) < 4.78 is 1.81. The minimum atomic E-state index is -1.04. The van der Waals surface area contributed by atoms with E-state index in [4.69, 9.17) is 4.98 Å². The molecule has 0 amide bonds. The van der Waals surface area contributed by atoms with Gasteiger partial charge in [-0.25, -0.2) is 9.97 Å². The number of hydrogen-bond donors (Lipinski definition) is 0. The molecule has 3 aromatic heterocycles. The Morgan fingerprint density at radius 1 is 1.00 bits per heavy atom. The van der Waals surface area contributed by atoms with E-state index in [1.165, 1.54) is 0 Å². The number of hydrogen-bond acceptors (Lipinski definition) is 5. The number of aromatic nitrogens is 4. The minimum absolute atomic E-state index is 0.301. The molecule has 2 aromatic carbocycles. The van der Waals surface area contributed by atoms with E-state index >= 15 is 0 Å². The van der Waals surface area contributed by atoms with Gasteiger partial charge in [-0.05, 0) is 36.4 Å². The normalized spacial score (nSPS) is 12.0. The molecule has 0 radical (unpaired) electrons. The zero-order valence-corrected chi connectivity index (χ0v) is 16.7. The van der Waals surface area contributed by atoms with E-state index in [-0.39, 0.29) is 5.78 Å². The van der Waals surface area contributed by atoms with Gasteiger partial charge in [0.15, 0.2) is 11.7 Å². The van der Waals surface area contributed by atoms with Gasteiger partial charge < -0.3 is 4.57 Å². The molecule has 0 N–H and O–H groups in total. The van der Waals surface area contributed by atoms with E-state index in [1.54, 1.807) is 18.5 Å². The molecule has 5 rings (SSSR count). The second-order valence-corrected chi connectivity index (χ2v) is 7.26. The second kappa shape index (κ2) is 7.47. The minimum Gasteiger partial charge on any atom is -0.330 e. The summed E-state index contributed by atoms with van der Waals surface area (Å²) in [4.78, 5) is 27.1. The molecule has 0 aliphatic rings. The van der Waals surface area contributed by atoms with Gasteiger partial charge in [-0.15, -0.1) is 0 Å². The Kier molecular flexibility index (Phi) is 4.49. The number of carbonyl (C=O) groups is 1. The Morgan fingerprint density at radius 3 is 2.52 bits per heavy atom. The van der Waals surface area contributed by atoms with E-state index in [0.29, 0.717) is 28.0 Å². The van der Waals surface area contributed by atoms with Crippen LogP contribution in [0.15, 0.2) is 79.1 Å². The van der Waals surface area contributed by atoms with Crippen LogP contribution < -0.4 is 0 Å². The van der Waals surface area contributed by atoms with Crippen LogP contribution in [0.25, 0.3) is 33.2 Å². The number of aryl methyl sites for hydroxylation is 1. The molecule has 5 aromatic rings. The van der Waals surface area contributed by atoms with Crippen LogP contribution in [-0.2, 0) is 7.05 Å². The predicted molar refractivity (Wildman–Crippen MR) is 118 cm³/mol. The van der Waals surface area contributed by atoms with Gasteiger partial charge in [-0.1, -0.05) is 30.3 Å². The summed E-state index contributed by atoms with van der Waals surface area (Å²) in [6.07, 6.45) is 3.40. The van der Waals surface area contributed by atoms with Gasteiger partial charge >= 0.3 is 0 Å². The molecule has 0 saturated heterocycles. The zero-order valence-electron chi connectivity index (χ0n) is 16.7. The zero-order chi connectivity index (χ0) is 21.4. The van der Waals surface area contributed by atoms with Crippen LogP contribution in [0.5, 0.6) is 0 Å². The Morgan fingerprint density at radius 2 is 1.77 bits per heavy atom. The predicted octanol–water partition coefficient (Wildman–Crippen LogP) is 4.67. The lowest BCUT2D eigenvalue weighted by Gasteiger charge is -2.12. The Balaban J connectivity index is 1.69. The number of carbonyl (C=O) groups excluding carboxylic acids is 1. The monoisotopic (exact) mass is 403 g/mol. The number of Topliss-reactive ketones (excluding diaryl/α,β-unsaturated/α-hetero) is 1. The highest BCUT2D eigenvalue weighted by atomic mass is 16.1. The summed E-state index contributed by atoms with van der Waals surface area (Å²) in [5.41, 5.74) is 4.21. The number of fused-ring (bicyclic) bond motifs is 2. The van der Waals surface area contributed by atoms with Crippen molar-refractivity contribution in [2.24, 2.45) is 7.05 Å². The average Bonchev–Trinajstić information content (AvgIpc) is 3.15. The van der Waals surface area contributed by atoms with Crippen LogP contribution in [-0.4, -0.2) is 25.3 Å². The summed E-state index contributed by atoms with van der Waals surface area (Å²) in [5, 5.41) is 10.7. The topological polar surface area (TPSA) is 84.5 Å². The fraction of sp³-hybridized carbons (Fsp3) is 0.0800. The lowest BCUT2D eigenvalue weighted by atomic mass is 9.94. The number of ketones is 1. The molecule has 148 valence electrons. The van der Waals surface area contributed by atoms with Gasteiger partial charge in [0.1, 0.15) is 5.82 Å². The van der Waals surface area contributed by atoms with Crippen molar-refractivity contribution in [3.8, 4) is 17.3 Å². The van der Waals surface area contributed by atoms with Gasteiger partial charge in [0, 0.05) is 36.0 Å².